The number of hydrogen-bond acceptors (Lipinski definition) is 1. The van der Waals surface area contributed by atoms with Crippen molar-refractivity contribution in [3.63, 3.8) is 0 Å². The van der Waals surface area contributed by atoms with Crippen LogP contribution in [-0.2, 0) is 0 Å². The minimum atomic E-state index is -0.0681. The number of hydrogen-bond donors (Lipinski definition) is 1. The second-order valence-corrected chi connectivity index (χ2v) is 4.79. The van der Waals surface area contributed by atoms with Gasteiger partial charge in [0.25, 0.3) is 5.56 Å². The summed E-state index contributed by atoms with van der Waals surface area (Å²) < 4.78 is 1.86. The molecule has 0 unspecified atom stereocenters. The SMILES string of the molecule is O=c1[nH]n2c(-c3ccccc3)ccc2c2ccccc12. The van der Waals surface area contributed by atoms with E-state index in [0.717, 1.165) is 27.5 Å². The molecule has 3 nitrogen and oxygen atoms in total. The number of H-pyrrole nitrogens is 1. The summed E-state index contributed by atoms with van der Waals surface area (Å²) in [5, 5.41) is 4.63. The van der Waals surface area contributed by atoms with Crippen LogP contribution >= 0.6 is 0 Å². The molecule has 0 spiro atoms. The van der Waals surface area contributed by atoms with Gasteiger partial charge in [-0.25, -0.2) is 0 Å². The van der Waals surface area contributed by atoms with E-state index in [4.69, 9.17) is 0 Å². The Bertz CT molecular complexity index is 965. The first-order chi connectivity index (χ1) is 9.84. The van der Waals surface area contributed by atoms with Gasteiger partial charge in [0.1, 0.15) is 0 Å². The van der Waals surface area contributed by atoms with Gasteiger partial charge in [-0.1, -0.05) is 48.5 Å². The second-order valence-electron chi connectivity index (χ2n) is 4.79. The van der Waals surface area contributed by atoms with Crippen LogP contribution in [0.4, 0.5) is 0 Å². The lowest BCUT2D eigenvalue weighted by Gasteiger charge is -2.05. The molecule has 0 aliphatic heterocycles. The predicted molar refractivity (Wildman–Crippen MR) is 81.0 cm³/mol. The van der Waals surface area contributed by atoms with Gasteiger partial charge in [-0.05, 0) is 18.2 Å². The Morgan fingerprint density at radius 3 is 2.25 bits per heavy atom. The third-order valence-electron chi connectivity index (χ3n) is 3.61. The van der Waals surface area contributed by atoms with Gasteiger partial charge in [-0.15, -0.1) is 0 Å². The standard InChI is InChI=1S/C17H12N2O/c20-17-14-9-5-4-8-13(14)16-11-10-15(19(16)18-17)12-6-2-1-3-7-12/h1-11H,(H,18,20). The quantitative estimate of drug-likeness (QED) is 0.559. The zero-order chi connectivity index (χ0) is 13.5. The summed E-state index contributed by atoms with van der Waals surface area (Å²) in [7, 11) is 0. The molecule has 2 aromatic heterocycles. The molecule has 2 heterocycles. The smallest absolute Gasteiger partial charge is 0.267 e. The molecular formula is C17H12N2O. The maximum atomic E-state index is 12.2. The van der Waals surface area contributed by atoms with Gasteiger partial charge in [-0.2, -0.15) is 0 Å². The Hall–Kier alpha value is -2.81. The Morgan fingerprint density at radius 1 is 0.750 bits per heavy atom. The van der Waals surface area contributed by atoms with Crippen LogP contribution in [0.3, 0.4) is 0 Å². The predicted octanol–water partition coefficient (Wildman–Crippen LogP) is 3.45. The summed E-state index contributed by atoms with van der Waals surface area (Å²) in [5.74, 6) is 0. The number of aromatic nitrogens is 2. The number of rotatable bonds is 1. The third kappa shape index (κ3) is 1.50. The average Bonchev–Trinajstić information content (AvgIpc) is 2.92. The molecule has 20 heavy (non-hydrogen) atoms. The van der Waals surface area contributed by atoms with Gasteiger partial charge in [-0.3, -0.25) is 14.4 Å². The molecule has 0 bridgehead atoms. The molecule has 0 amide bonds. The molecule has 2 aromatic carbocycles. The van der Waals surface area contributed by atoms with Gasteiger partial charge in [0.15, 0.2) is 0 Å². The highest BCUT2D eigenvalue weighted by Gasteiger charge is 2.09. The maximum absolute atomic E-state index is 12.2. The molecule has 0 radical (unpaired) electrons. The number of nitrogens with zero attached hydrogens (tertiary/aromatic N) is 1. The van der Waals surface area contributed by atoms with E-state index in [1.165, 1.54) is 0 Å². The first-order valence-electron chi connectivity index (χ1n) is 6.52. The summed E-state index contributed by atoms with van der Waals surface area (Å²) in [6, 6.07) is 21.8. The first kappa shape index (κ1) is 11.1. The Labute approximate surface area is 115 Å². The minimum Gasteiger partial charge on any atom is -0.267 e. The van der Waals surface area contributed by atoms with Gasteiger partial charge in [0.2, 0.25) is 0 Å². The van der Waals surface area contributed by atoms with E-state index in [0.29, 0.717) is 0 Å². The molecule has 4 aromatic rings. The average molecular weight is 260 g/mol. The van der Waals surface area contributed by atoms with Crippen molar-refractivity contribution in [2.45, 2.75) is 0 Å². The van der Waals surface area contributed by atoms with Crippen molar-refractivity contribution in [2.75, 3.05) is 0 Å². The molecule has 0 saturated heterocycles. The molecule has 4 rings (SSSR count). The van der Waals surface area contributed by atoms with Crippen molar-refractivity contribution in [1.29, 1.82) is 0 Å². The fourth-order valence-electron chi connectivity index (χ4n) is 2.67. The zero-order valence-corrected chi connectivity index (χ0v) is 10.7. The van der Waals surface area contributed by atoms with Crippen LogP contribution < -0.4 is 5.56 Å². The van der Waals surface area contributed by atoms with Crippen LogP contribution in [0, 0.1) is 0 Å². The monoisotopic (exact) mass is 260 g/mol. The largest absolute Gasteiger partial charge is 0.270 e. The van der Waals surface area contributed by atoms with E-state index < -0.39 is 0 Å². The molecule has 96 valence electrons. The van der Waals surface area contributed by atoms with E-state index in [1.807, 2.05) is 71.2 Å². The highest BCUT2D eigenvalue weighted by atomic mass is 16.1. The molecule has 0 aliphatic rings. The van der Waals surface area contributed by atoms with Gasteiger partial charge in [0.05, 0.1) is 16.6 Å². The summed E-state index contributed by atoms with van der Waals surface area (Å²) in [5.41, 5.74) is 3.02. The van der Waals surface area contributed by atoms with Gasteiger partial charge in [0, 0.05) is 10.9 Å². The van der Waals surface area contributed by atoms with Crippen molar-refractivity contribution in [3.8, 4) is 11.3 Å². The number of fused-ring (bicyclic) bond motifs is 3. The molecule has 0 aliphatic carbocycles. The normalized spacial score (nSPS) is 11.2. The Balaban J connectivity index is 2.15. The number of benzene rings is 2. The van der Waals surface area contributed by atoms with Gasteiger partial charge >= 0.3 is 0 Å². The number of nitrogens with one attached hydrogen (secondary N) is 1. The van der Waals surface area contributed by atoms with Crippen molar-refractivity contribution >= 4 is 16.3 Å². The van der Waals surface area contributed by atoms with Crippen molar-refractivity contribution < 1.29 is 0 Å². The lowest BCUT2D eigenvalue weighted by molar-refractivity contribution is 0.930. The van der Waals surface area contributed by atoms with E-state index >= 15 is 0 Å². The maximum Gasteiger partial charge on any atom is 0.270 e. The van der Waals surface area contributed by atoms with Crippen molar-refractivity contribution in [3.05, 3.63) is 77.1 Å². The topological polar surface area (TPSA) is 37.3 Å². The van der Waals surface area contributed by atoms with Crippen LogP contribution in [0.15, 0.2) is 71.5 Å². The Kier molecular flexibility index (Phi) is 2.27. The van der Waals surface area contributed by atoms with Crippen LogP contribution in [0.2, 0.25) is 0 Å². The fourth-order valence-corrected chi connectivity index (χ4v) is 2.67. The van der Waals surface area contributed by atoms with Crippen molar-refractivity contribution in [2.24, 2.45) is 0 Å². The van der Waals surface area contributed by atoms with Crippen molar-refractivity contribution in [1.82, 2.24) is 9.61 Å². The third-order valence-corrected chi connectivity index (χ3v) is 3.61. The summed E-state index contributed by atoms with van der Waals surface area (Å²) in [6.45, 7) is 0. The Morgan fingerprint density at radius 2 is 1.45 bits per heavy atom. The molecule has 0 atom stereocenters. The van der Waals surface area contributed by atoms with Crippen LogP contribution in [0.5, 0.6) is 0 Å². The summed E-state index contributed by atoms with van der Waals surface area (Å²) >= 11 is 0. The first-order valence-corrected chi connectivity index (χ1v) is 6.52. The molecule has 1 N–H and O–H groups in total. The van der Waals surface area contributed by atoms with Crippen LogP contribution in [0.25, 0.3) is 27.5 Å². The second kappa shape index (κ2) is 4.10. The minimum absolute atomic E-state index is 0.0681. The fraction of sp³-hybridized carbons (Fsp3) is 0. The molecule has 0 saturated carbocycles. The van der Waals surface area contributed by atoms with Crippen LogP contribution in [0.1, 0.15) is 0 Å². The summed E-state index contributed by atoms with van der Waals surface area (Å²) in [6.07, 6.45) is 0. The highest BCUT2D eigenvalue weighted by molar-refractivity contribution is 5.96. The number of aromatic amines is 1. The van der Waals surface area contributed by atoms with E-state index in [-0.39, 0.29) is 5.56 Å². The lowest BCUT2D eigenvalue weighted by atomic mass is 10.2. The molecule has 0 fully saturated rings. The van der Waals surface area contributed by atoms with Gasteiger partial charge < -0.3 is 0 Å². The molecule has 3 heteroatoms. The van der Waals surface area contributed by atoms with Crippen LogP contribution in [-0.4, -0.2) is 9.61 Å². The van der Waals surface area contributed by atoms with E-state index in [1.54, 1.807) is 0 Å². The van der Waals surface area contributed by atoms with E-state index in [9.17, 15) is 4.79 Å². The zero-order valence-electron chi connectivity index (χ0n) is 10.7. The lowest BCUT2D eigenvalue weighted by Crippen LogP contribution is -2.12. The van der Waals surface area contributed by atoms with E-state index in [2.05, 4.69) is 5.10 Å². The molecular weight excluding hydrogens is 248 g/mol. The summed E-state index contributed by atoms with van der Waals surface area (Å²) in [4.78, 5) is 12.2. The highest BCUT2D eigenvalue weighted by Crippen LogP contribution is 2.24.